The Morgan fingerprint density at radius 2 is 1.90 bits per heavy atom. The van der Waals surface area contributed by atoms with Crippen LogP contribution < -0.4 is 5.32 Å². The first-order valence-electron chi connectivity index (χ1n) is 7.47. The van der Waals surface area contributed by atoms with Crippen LogP contribution >= 0.6 is 0 Å². The van der Waals surface area contributed by atoms with Gasteiger partial charge in [0.15, 0.2) is 0 Å². The summed E-state index contributed by atoms with van der Waals surface area (Å²) in [6.45, 7) is 5.38. The van der Waals surface area contributed by atoms with Gasteiger partial charge >= 0.3 is 0 Å². The molecule has 0 aliphatic heterocycles. The van der Waals surface area contributed by atoms with E-state index in [1.807, 2.05) is 12.3 Å². The smallest absolute Gasteiger partial charge is 0.0404 e. The van der Waals surface area contributed by atoms with Crippen molar-refractivity contribution in [1.82, 2.24) is 10.3 Å². The molecule has 0 spiro atoms. The summed E-state index contributed by atoms with van der Waals surface area (Å²) >= 11 is 0. The monoisotopic (exact) mass is 268 g/mol. The van der Waals surface area contributed by atoms with E-state index in [0.717, 1.165) is 25.8 Å². The van der Waals surface area contributed by atoms with Crippen LogP contribution in [0.2, 0.25) is 0 Å². The zero-order valence-electron chi connectivity index (χ0n) is 12.5. The summed E-state index contributed by atoms with van der Waals surface area (Å²) in [5.74, 6) is 0. The van der Waals surface area contributed by atoms with Gasteiger partial charge in [-0.25, -0.2) is 0 Å². The first kappa shape index (κ1) is 14.7. The minimum absolute atomic E-state index is 0.517. The Morgan fingerprint density at radius 1 is 1.10 bits per heavy atom. The van der Waals surface area contributed by atoms with E-state index in [2.05, 4.69) is 60.5 Å². The molecule has 2 rings (SSSR count). The number of nitrogens with zero attached hydrogens (tertiary/aromatic N) is 1. The average molecular weight is 268 g/mol. The lowest BCUT2D eigenvalue weighted by Gasteiger charge is -2.19. The summed E-state index contributed by atoms with van der Waals surface area (Å²) in [7, 11) is 0. The van der Waals surface area contributed by atoms with Crippen LogP contribution in [0.3, 0.4) is 0 Å². The number of benzene rings is 1. The van der Waals surface area contributed by atoms with E-state index in [1.54, 1.807) is 0 Å². The van der Waals surface area contributed by atoms with E-state index in [-0.39, 0.29) is 0 Å². The van der Waals surface area contributed by atoms with E-state index >= 15 is 0 Å². The Hall–Kier alpha value is -1.67. The summed E-state index contributed by atoms with van der Waals surface area (Å²) < 4.78 is 0. The van der Waals surface area contributed by atoms with Crippen molar-refractivity contribution in [2.24, 2.45) is 0 Å². The third-order valence-corrected chi connectivity index (χ3v) is 3.70. The molecular formula is C18H24N2. The topological polar surface area (TPSA) is 24.9 Å². The minimum Gasteiger partial charge on any atom is -0.314 e. The fourth-order valence-corrected chi connectivity index (χ4v) is 2.54. The van der Waals surface area contributed by atoms with Gasteiger partial charge in [-0.05, 0) is 56.0 Å². The second-order valence-corrected chi connectivity index (χ2v) is 5.24. The molecule has 106 valence electrons. The molecule has 0 saturated heterocycles. The summed E-state index contributed by atoms with van der Waals surface area (Å²) in [4.78, 5) is 4.41. The van der Waals surface area contributed by atoms with Crippen molar-refractivity contribution in [1.29, 1.82) is 0 Å². The zero-order chi connectivity index (χ0) is 14.2. The van der Waals surface area contributed by atoms with Crippen LogP contribution in [0.1, 0.15) is 30.2 Å². The molecule has 2 aromatic rings. The zero-order valence-corrected chi connectivity index (χ0v) is 12.5. The van der Waals surface area contributed by atoms with E-state index < -0.39 is 0 Å². The predicted octanol–water partition coefficient (Wildman–Crippen LogP) is 3.54. The fraction of sp³-hybridized carbons (Fsp3) is 0.389. The normalized spacial score (nSPS) is 12.3. The predicted molar refractivity (Wildman–Crippen MR) is 84.9 cm³/mol. The van der Waals surface area contributed by atoms with Gasteiger partial charge in [-0.3, -0.25) is 4.98 Å². The van der Waals surface area contributed by atoms with E-state index in [0.29, 0.717) is 6.04 Å². The van der Waals surface area contributed by atoms with Gasteiger partial charge < -0.3 is 5.32 Å². The molecule has 1 atom stereocenters. The second kappa shape index (κ2) is 7.81. The van der Waals surface area contributed by atoms with Crippen molar-refractivity contribution >= 4 is 0 Å². The fourth-order valence-electron chi connectivity index (χ4n) is 2.54. The highest BCUT2D eigenvalue weighted by molar-refractivity contribution is 5.26. The number of nitrogens with one attached hydrogen (secondary N) is 1. The Labute approximate surface area is 122 Å². The van der Waals surface area contributed by atoms with Crippen molar-refractivity contribution < 1.29 is 0 Å². The van der Waals surface area contributed by atoms with Crippen LogP contribution in [0, 0.1) is 6.92 Å². The molecule has 0 bridgehead atoms. The lowest BCUT2D eigenvalue weighted by atomic mass is 9.97. The van der Waals surface area contributed by atoms with Gasteiger partial charge in [-0.1, -0.05) is 37.3 Å². The second-order valence-electron chi connectivity index (χ2n) is 5.24. The molecule has 20 heavy (non-hydrogen) atoms. The molecule has 0 aliphatic carbocycles. The number of hydrogen-bond donors (Lipinski definition) is 1. The number of likely N-dealkylation sites (N-methyl/N-ethyl adjacent to an activating group) is 1. The Bertz CT molecular complexity index is 508. The number of aryl methyl sites for hydroxylation is 2. The molecule has 1 aromatic carbocycles. The number of rotatable bonds is 7. The van der Waals surface area contributed by atoms with Crippen molar-refractivity contribution in [3.05, 3.63) is 65.5 Å². The van der Waals surface area contributed by atoms with Crippen LogP contribution in [0.5, 0.6) is 0 Å². The van der Waals surface area contributed by atoms with Gasteiger partial charge in [0.1, 0.15) is 0 Å². The highest BCUT2D eigenvalue weighted by Gasteiger charge is 2.10. The molecular weight excluding hydrogens is 244 g/mol. The van der Waals surface area contributed by atoms with Crippen LogP contribution in [0.25, 0.3) is 0 Å². The number of aromatic nitrogens is 1. The Morgan fingerprint density at radius 3 is 2.60 bits per heavy atom. The average Bonchev–Trinajstić information content (AvgIpc) is 2.48. The van der Waals surface area contributed by atoms with Crippen molar-refractivity contribution in [2.45, 2.75) is 39.2 Å². The maximum Gasteiger partial charge on any atom is 0.0404 e. The van der Waals surface area contributed by atoms with E-state index in [4.69, 9.17) is 0 Å². The van der Waals surface area contributed by atoms with Gasteiger partial charge in [0.25, 0.3) is 0 Å². The quantitative estimate of drug-likeness (QED) is 0.830. The molecule has 0 amide bonds. The van der Waals surface area contributed by atoms with Gasteiger partial charge in [0, 0.05) is 17.9 Å². The third-order valence-electron chi connectivity index (χ3n) is 3.70. The first-order chi connectivity index (χ1) is 9.79. The number of pyridine rings is 1. The summed E-state index contributed by atoms with van der Waals surface area (Å²) in [5, 5.41) is 3.60. The maximum atomic E-state index is 4.41. The summed E-state index contributed by atoms with van der Waals surface area (Å²) in [5.41, 5.74) is 4.01. The van der Waals surface area contributed by atoms with Crippen LogP contribution in [-0.4, -0.2) is 17.6 Å². The van der Waals surface area contributed by atoms with Crippen LogP contribution in [-0.2, 0) is 12.8 Å². The van der Waals surface area contributed by atoms with Crippen molar-refractivity contribution in [3.8, 4) is 0 Å². The molecule has 1 N–H and O–H groups in total. The van der Waals surface area contributed by atoms with Gasteiger partial charge in [-0.2, -0.15) is 0 Å². The standard InChI is InChI=1S/C18H24N2/c1-3-19-18(12-11-17-10-6-7-13-20-17)14-16-9-5-4-8-15(16)2/h4-10,13,18-19H,3,11-12,14H2,1-2H3. The lowest BCUT2D eigenvalue weighted by Crippen LogP contribution is -2.31. The molecule has 0 aliphatic rings. The van der Waals surface area contributed by atoms with Crippen LogP contribution in [0.4, 0.5) is 0 Å². The van der Waals surface area contributed by atoms with Gasteiger partial charge in [0.05, 0.1) is 0 Å². The van der Waals surface area contributed by atoms with E-state index in [1.165, 1.54) is 16.8 Å². The molecule has 0 saturated carbocycles. The highest BCUT2D eigenvalue weighted by atomic mass is 14.9. The van der Waals surface area contributed by atoms with E-state index in [9.17, 15) is 0 Å². The third kappa shape index (κ3) is 4.46. The molecule has 1 heterocycles. The first-order valence-corrected chi connectivity index (χ1v) is 7.47. The molecule has 1 unspecified atom stereocenters. The molecule has 0 radical (unpaired) electrons. The highest BCUT2D eigenvalue weighted by Crippen LogP contribution is 2.13. The SMILES string of the molecule is CCNC(CCc1ccccn1)Cc1ccccc1C. The lowest BCUT2D eigenvalue weighted by molar-refractivity contribution is 0.488. The molecule has 2 nitrogen and oxygen atoms in total. The summed E-state index contributed by atoms with van der Waals surface area (Å²) in [6.07, 6.45) is 5.12. The Balaban J connectivity index is 1.95. The summed E-state index contributed by atoms with van der Waals surface area (Å²) in [6, 6.07) is 15.3. The maximum absolute atomic E-state index is 4.41. The largest absolute Gasteiger partial charge is 0.314 e. The number of hydrogen-bond acceptors (Lipinski definition) is 2. The van der Waals surface area contributed by atoms with Gasteiger partial charge in [0.2, 0.25) is 0 Å². The molecule has 2 heteroatoms. The minimum atomic E-state index is 0.517. The Kier molecular flexibility index (Phi) is 5.75. The van der Waals surface area contributed by atoms with Crippen molar-refractivity contribution in [2.75, 3.05) is 6.54 Å². The molecule has 0 fully saturated rings. The van der Waals surface area contributed by atoms with Crippen molar-refractivity contribution in [3.63, 3.8) is 0 Å². The molecule has 1 aromatic heterocycles. The van der Waals surface area contributed by atoms with Gasteiger partial charge in [-0.15, -0.1) is 0 Å². The van der Waals surface area contributed by atoms with Crippen LogP contribution in [0.15, 0.2) is 48.7 Å².